The zero-order valence-electron chi connectivity index (χ0n) is 8.47. The van der Waals surface area contributed by atoms with E-state index in [9.17, 15) is 4.79 Å². The molecule has 0 radical (unpaired) electrons. The van der Waals surface area contributed by atoms with Crippen LogP contribution in [0.2, 0.25) is 0 Å². The van der Waals surface area contributed by atoms with Gasteiger partial charge in [0.2, 0.25) is 0 Å². The van der Waals surface area contributed by atoms with Crippen LogP contribution >= 0.6 is 11.5 Å². The van der Waals surface area contributed by atoms with Gasteiger partial charge in [0, 0.05) is 6.20 Å². The fourth-order valence-electron chi connectivity index (χ4n) is 1.14. The third-order valence-electron chi connectivity index (χ3n) is 1.96. The van der Waals surface area contributed by atoms with E-state index in [0.29, 0.717) is 21.9 Å². The molecule has 0 saturated heterocycles. The predicted octanol–water partition coefficient (Wildman–Crippen LogP) is 1.08. The van der Waals surface area contributed by atoms with Gasteiger partial charge >= 0.3 is 0 Å². The average Bonchev–Trinajstić information content (AvgIpc) is 2.68. The lowest BCUT2D eigenvalue weighted by Gasteiger charge is -2.05. The number of amides is 1. The summed E-state index contributed by atoms with van der Waals surface area (Å²) < 4.78 is 3.69. The number of pyridine rings is 1. The lowest BCUT2D eigenvalue weighted by Crippen LogP contribution is -2.13. The van der Waals surface area contributed by atoms with Crippen LogP contribution in [-0.2, 0) is 0 Å². The Bertz CT molecular complexity index is 524. The standard InChI is InChI=1S/C9H9N5OS/c1-5-8(16-14-13-5)9(15)12-7-2-3-11-4-6(7)10/h2-4H,10H2,1H3,(H,11,12,15). The van der Waals surface area contributed by atoms with Crippen LogP contribution in [0.25, 0.3) is 0 Å². The molecule has 0 spiro atoms. The minimum atomic E-state index is -0.259. The highest BCUT2D eigenvalue weighted by atomic mass is 32.1. The van der Waals surface area contributed by atoms with Gasteiger partial charge in [0.15, 0.2) is 0 Å². The lowest BCUT2D eigenvalue weighted by atomic mass is 10.3. The highest BCUT2D eigenvalue weighted by Crippen LogP contribution is 2.18. The van der Waals surface area contributed by atoms with Crippen molar-refractivity contribution in [3.8, 4) is 0 Å². The summed E-state index contributed by atoms with van der Waals surface area (Å²) in [5.41, 5.74) is 7.22. The van der Waals surface area contributed by atoms with Gasteiger partial charge in [-0.1, -0.05) is 4.49 Å². The largest absolute Gasteiger partial charge is 0.396 e. The first kappa shape index (κ1) is 10.5. The predicted molar refractivity (Wildman–Crippen MR) is 61.2 cm³/mol. The second kappa shape index (κ2) is 4.23. The van der Waals surface area contributed by atoms with Crippen molar-refractivity contribution in [1.29, 1.82) is 0 Å². The molecule has 0 bridgehead atoms. The number of nitrogen functional groups attached to an aromatic ring is 1. The van der Waals surface area contributed by atoms with Crippen molar-refractivity contribution in [2.45, 2.75) is 6.92 Å². The normalized spacial score (nSPS) is 10.1. The van der Waals surface area contributed by atoms with Gasteiger partial charge in [-0.05, 0) is 24.5 Å². The molecule has 0 aliphatic rings. The molecule has 7 heteroatoms. The van der Waals surface area contributed by atoms with Crippen molar-refractivity contribution < 1.29 is 4.79 Å². The van der Waals surface area contributed by atoms with Crippen LogP contribution in [0.1, 0.15) is 15.4 Å². The second-order valence-electron chi connectivity index (χ2n) is 3.10. The molecule has 2 heterocycles. The number of nitrogens with zero attached hydrogens (tertiary/aromatic N) is 3. The Labute approximate surface area is 95.7 Å². The fraction of sp³-hybridized carbons (Fsp3) is 0.111. The maximum Gasteiger partial charge on any atom is 0.269 e. The second-order valence-corrected chi connectivity index (χ2v) is 3.86. The Morgan fingerprint density at radius 2 is 2.38 bits per heavy atom. The van der Waals surface area contributed by atoms with E-state index in [0.717, 1.165) is 11.5 Å². The molecule has 0 aromatic carbocycles. The van der Waals surface area contributed by atoms with E-state index in [1.165, 1.54) is 6.20 Å². The van der Waals surface area contributed by atoms with Crippen LogP contribution in [0.15, 0.2) is 18.5 Å². The number of aromatic nitrogens is 3. The van der Waals surface area contributed by atoms with Gasteiger partial charge in [-0.2, -0.15) is 0 Å². The van der Waals surface area contributed by atoms with Crippen LogP contribution in [-0.4, -0.2) is 20.5 Å². The Hall–Kier alpha value is -2.02. The van der Waals surface area contributed by atoms with Gasteiger partial charge in [-0.3, -0.25) is 9.78 Å². The van der Waals surface area contributed by atoms with Gasteiger partial charge in [0.05, 0.1) is 23.3 Å². The maximum absolute atomic E-state index is 11.8. The van der Waals surface area contributed by atoms with Crippen molar-refractivity contribution in [3.05, 3.63) is 29.0 Å². The van der Waals surface area contributed by atoms with E-state index in [2.05, 4.69) is 19.9 Å². The monoisotopic (exact) mass is 235 g/mol. The minimum absolute atomic E-state index is 0.259. The Morgan fingerprint density at radius 1 is 1.56 bits per heavy atom. The smallest absolute Gasteiger partial charge is 0.269 e. The highest BCUT2D eigenvalue weighted by Gasteiger charge is 2.13. The summed E-state index contributed by atoms with van der Waals surface area (Å²) in [4.78, 5) is 16.1. The topological polar surface area (TPSA) is 93.8 Å². The fourth-order valence-corrected chi connectivity index (χ4v) is 1.69. The number of hydrogen-bond acceptors (Lipinski definition) is 6. The van der Waals surface area contributed by atoms with Crippen LogP contribution < -0.4 is 11.1 Å². The number of carbonyl (C=O) groups excluding carboxylic acids is 1. The van der Waals surface area contributed by atoms with Gasteiger partial charge < -0.3 is 11.1 Å². The maximum atomic E-state index is 11.8. The molecule has 0 fully saturated rings. The number of rotatable bonds is 2. The SMILES string of the molecule is Cc1nnsc1C(=O)Nc1ccncc1N. The minimum Gasteiger partial charge on any atom is -0.396 e. The van der Waals surface area contributed by atoms with E-state index in [-0.39, 0.29) is 5.91 Å². The molecule has 6 nitrogen and oxygen atoms in total. The molecule has 2 aromatic rings. The van der Waals surface area contributed by atoms with E-state index in [1.807, 2.05) is 0 Å². The summed E-state index contributed by atoms with van der Waals surface area (Å²) in [6, 6.07) is 1.64. The summed E-state index contributed by atoms with van der Waals surface area (Å²) in [6.07, 6.45) is 3.04. The van der Waals surface area contributed by atoms with Crippen LogP contribution in [0, 0.1) is 6.92 Å². The summed E-state index contributed by atoms with van der Waals surface area (Å²) in [5.74, 6) is -0.259. The molecule has 0 aliphatic heterocycles. The molecule has 82 valence electrons. The number of nitrogens with one attached hydrogen (secondary N) is 1. The molecule has 16 heavy (non-hydrogen) atoms. The van der Waals surface area contributed by atoms with Crippen molar-refractivity contribution in [2.75, 3.05) is 11.1 Å². The van der Waals surface area contributed by atoms with Crippen molar-refractivity contribution in [1.82, 2.24) is 14.6 Å². The summed E-state index contributed by atoms with van der Waals surface area (Å²) >= 11 is 1.05. The van der Waals surface area contributed by atoms with Crippen LogP contribution in [0.4, 0.5) is 11.4 Å². The first-order chi connectivity index (χ1) is 7.68. The molecular formula is C9H9N5OS. The summed E-state index contributed by atoms with van der Waals surface area (Å²) in [7, 11) is 0. The quantitative estimate of drug-likeness (QED) is 0.812. The number of anilines is 2. The van der Waals surface area contributed by atoms with Crippen LogP contribution in [0.5, 0.6) is 0 Å². The zero-order valence-corrected chi connectivity index (χ0v) is 9.28. The first-order valence-electron chi connectivity index (χ1n) is 4.48. The van der Waals surface area contributed by atoms with Gasteiger partial charge in [-0.25, -0.2) is 0 Å². The van der Waals surface area contributed by atoms with Crippen LogP contribution in [0.3, 0.4) is 0 Å². The number of carbonyl (C=O) groups is 1. The molecule has 2 aromatic heterocycles. The van der Waals surface area contributed by atoms with E-state index in [4.69, 9.17) is 5.73 Å². The van der Waals surface area contributed by atoms with E-state index >= 15 is 0 Å². The number of hydrogen-bond donors (Lipinski definition) is 2. The molecule has 0 aliphatic carbocycles. The van der Waals surface area contributed by atoms with E-state index < -0.39 is 0 Å². The Balaban J connectivity index is 2.21. The molecular weight excluding hydrogens is 226 g/mol. The third kappa shape index (κ3) is 1.98. The van der Waals surface area contributed by atoms with E-state index in [1.54, 1.807) is 19.2 Å². The molecule has 3 N–H and O–H groups in total. The average molecular weight is 235 g/mol. The van der Waals surface area contributed by atoms with Gasteiger partial charge in [-0.15, -0.1) is 5.10 Å². The molecule has 0 unspecified atom stereocenters. The summed E-state index contributed by atoms with van der Waals surface area (Å²) in [5, 5.41) is 6.45. The molecule has 0 saturated carbocycles. The highest BCUT2D eigenvalue weighted by molar-refractivity contribution is 7.08. The third-order valence-corrected chi connectivity index (χ3v) is 2.78. The molecule has 1 amide bonds. The molecule has 2 rings (SSSR count). The van der Waals surface area contributed by atoms with Gasteiger partial charge in [0.25, 0.3) is 5.91 Å². The lowest BCUT2D eigenvalue weighted by molar-refractivity contribution is 0.103. The van der Waals surface area contributed by atoms with Crippen molar-refractivity contribution >= 4 is 28.8 Å². The number of nitrogens with two attached hydrogens (primary N) is 1. The van der Waals surface area contributed by atoms with Crippen molar-refractivity contribution in [3.63, 3.8) is 0 Å². The van der Waals surface area contributed by atoms with Gasteiger partial charge in [0.1, 0.15) is 4.88 Å². The Kier molecular flexibility index (Phi) is 2.78. The summed E-state index contributed by atoms with van der Waals surface area (Å²) in [6.45, 7) is 1.73. The first-order valence-corrected chi connectivity index (χ1v) is 5.25. The zero-order chi connectivity index (χ0) is 11.5. The van der Waals surface area contributed by atoms with Crippen molar-refractivity contribution in [2.24, 2.45) is 0 Å². The molecule has 0 atom stereocenters. The Morgan fingerprint density at radius 3 is 3.00 bits per heavy atom. The number of aryl methyl sites for hydroxylation is 1.